The maximum atomic E-state index is 12.9. The highest BCUT2D eigenvalue weighted by Gasteiger charge is 2.19. The molecule has 0 heterocycles. The van der Waals surface area contributed by atoms with Gasteiger partial charge in [-0.3, -0.25) is 14.4 Å². The normalized spacial score (nSPS) is 13.3. The molecule has 0 radical (unpaired) electrons. The summed E-state index contributed by atoms with van der Waals surface area (Å²) < 4.78 is 16.8. The van der Waals surface area contributed by atoms with E-state index in [-0.39, 0.29) is 44.0 Å². The molecule has 420 valence electrons. The van der Waals surface area contributed by atoms with Crippen molar-refractivity contribution in [1.29, 1.82) is 0 Å². The van der Waals surface area contributed by atoms with E-state index in [1.165, 1.54) is 51.4 Å². The lowest BCUT2D eigenvalue weighted by atomic mass is 10.1. The molecule has 0 aromatic rings. The van der Waals surface area contributed by atoms with Crippen molar-refractivity contribution in [2.24, 2.45) is 0 Å². The summed E-state index contributed by atoms with van der Waals surface area (Å²) in [4.78, 5) is 38.2. The zero-order chi connectivity index (χ0) is 54.3. The van der Waals surface area contributed by atoms with Crippen LogP contribution in [-0.2, 0) is 28.6 Å². The van der Waals surface area contributed by atoms with Gasteiger partial charge in [-0.2, -0.15) is 0 Å². The molecule has 0 amide bonds. The summed E-state index contributed by atoms with van der Waals surface area (Å²) in [5, 5.41) is 0. The van der Waals surface area contributed by atoms with E-state index in [1.807, 2.05) is 12.2 Å². The van der Waals surface area contributed by atoms with E-state index in [0.29, 0.717) is 12.8 Å². The Bertz CT molecular complexity index is 1710. The van der Waals surface area contributed by atoms with Crippen molar-refractivity contribution in [3.8, 4) is 0 Å². The maximum absolute atomic E-state index is 12.9. The number of ether oxygens (including phenoxy) is 3. The Morgan fingerprint density at radius 2 is 0.547 bits per heavy atom. The highest BCUT2D eigenvalue weighted by molar-refractivity contribution is 5.71. The molecule has 0 aromatic carbocycles. The number of unbranched alkanes of at least 4 members (excludes halogenated alkanes) is 15. The summed E-state index contributed by atoms with van der Waals surface area (Å²) in [6, 6.07) is 0. The fourth-order valence-electron chi connectivity index (χ4n) is 7.58. The summed E-state index contributed by atoms with van der Waals surface area (Å²) in [5.41, 5.74) is 0. The molecule has 0 spiro atoms. The Kier molecular flexibility index (Phi) is 57.5. The monoisotopic (exact) mass is 1030 g/mol. The van der Waals surface area contributed by atoms with Crippen LogP contribution in [0.15, 0.2) is 158 Å². The Morgan fingerprint density at radius 1 is 0.280 bits per heavy atom. The van der Waals surface area contributed by atoms with E-state index in [4.69, 9.17) is 14.2 Å². The van der Waals surface area contributed by atoms with E-state index in [1.54, 1.807) is 0 Å². The van der Waals surface area contributed by atoms with Crippen LogP contribution in [0.3, 0.4) is 0 Å². The van der Waals surface area contributed by atoms with Gasteiger partial charge in [0.25, 0.3) is 0 Å². The predicted molar refractivity (Wildman–Crippen MR) is 325 cm³/mol. The standard InChI is InChI=1S/C69H108O6/c1-4-7-10-13-16-19-22-25-28-31-34-37-40-43-46-49-52-55-58-61-67(70)73-64-66(75-69(72)63-60-57-54-51-48-45-42-39-36-33-30-27-24-21-18-15-12-9-6-3)65-74-68(71)62-59-56-53-50-47-44-41-38-35-32-29-26-23-20-17-14-11-8-5-2/h7,9-10,12,16-21,25-30,34-39,43,46,52,55,66H,4-6,8,11,13-15,22-24,31-33,40-42,44-45,47-51,53-54,56-65H2,1-3H3/b10-7-,12-9-,19-16-,20-17-,21-18-,28-25-,29-26-,30-27-,37-34-,38-35-,39-36-,46-43-,55-52-. The average molecular weight is 1030 g/mol. The number of hydrogen-bond acceptors (Lipinski definition) is 6. The molecule has 0 rings (SSSR count). The van der Waals surface area contributed by atoms with E-state index in [2.05, 4.69) is 167 Å². The number of carbonyl (C=O) groups excluding carboxylic acids is 3. The third-order valence-electron chi connectivity index (χ3n) is 12.0. The van der Waals surface area contributed by atoms with Gasteiger partial charge in [0.05, 0.1) is 0 Å². The minimum atomic E-state index is -0.832. The molecule has 0 bridgehead atoms. The van der Waals surface area contributed by atoms with Crippen molar-refractivity contribution in [3.63, 3.8) is 0 Å². The van der Waals surface area contributed by atoms with Crippen LogP contribution in [0.25, 0.3) is 0 Å². The molecule has 0 aliphatic carbocycles. The summed E-state index contributed by atoms with van der Waals surface area (Å²) in [6.07, 6.45) is 89.5. The Labute approximate surface area is 460 Å². The lowest BCUT2D eigenvalue weighted by Crippen LogP contribution is -2.30. The largest absolute Gasteiger partial charge is 0.462 e. The average Bonchev–Trinajstić information content (AvgIpc) is 3.41. The molecule has 0 saturated carbocycles. The van der Waals surface area contributed by atoms with Gasteiger partial charge in [-0.05, 0) is 135 Å². The Balaban J connectivity index is 4.58. The Morgan fingerprint density at radius 3 is 0.893 bits per heavy atom. The van der Waals surface area contributed by atoms with Crippen molar-refractivity contribution in [2.75, 3.05) is 13.2 Å². The first kappa shape index (κ1) is 70.0. The quantitative estimate of drug-likeness (QED) is 0.0261. The fourth-order valence-corrected chi connectivity index (χ4v) is 7.58. The van der Waals surface area contributed by atoms with Crippen LogP contribution < -0.4 is 0 Å². The molecular formula is C69H108O6. The number of hydrogen-bond donors (Lipinski definition) is 0. The van der Waals surface area contributed by atoms with Crippen molar-refractivity contribution in [1.82, 2.24) is 0 Å². The second-order valence-electron chi connectivity index (χ2n) is 19.1. The van der Waals surface area contributed by atoms with Gasteiger partial charge in [0, 0.05) is 19.3 Å². The number of esters is 3. The lowest BCUT2D eigenvalue weighted by Gasteiger charge is -2.18. The van der Waals surface area contributed by atoms with Crippen LogP contribution in [0.4, 0.5) is 0 Å². The molecule has 0 aliphatic rings. The van der Waals surface area contributed by atoms with Crippen LogP contribution in [0.1, 0.15) is 239 Å². The van der Waals surface area contributed by atoms with Gasteiger partial charge in [-0.1, -0.05) is 243 Å². The second-order valence-corrected chi connectivity index (χ2v) is 19.1. The second kappa shape index (κ2) is 61.6. The topological polar surface area (TPSA) is 78.9 Å². The van der Waals surface area contributed by atoms with Gasteiger partial charge in [0.15, 0.2) is 6.10 Å². The third kappa shape index (κ3) is 59.8. The summed E-state index contributed by atoms with van der Waals surface area (Å²) in [7, 11) is 0. The molecule has 6 heteroatoms. The molecule has 1 unspecified atom stereocenters. The highest BCUT2D eigenvalue weighted by atomic mass is 16.6. The SMILES string of the molecule is CC/C=C\C/C=C\C/C=C\C/C=C\C/C=C\C/C=C\CCC(=O)OCC(COC(=O)CCCCCCCC/C=C\C/C=C\C/C=C\CCCCC)OC(=O)CCCCCCCC/C=C\C/C=C\C/C=C\C/C=C\CC. The van der Waals surface area contributed by atoms with E-state index in [0.717, 1.165) is 141 Å². The zero-order valence-corrected chi connectivity index (χ0v) is 48.0. The first-order chi connectivity index (χ1) is 37.0. The first-order valence-corrected chi connectivity index (χ1v) is 30.0. The Hall–Kier alpha value is -4.97. The van der Waals surface area contributed by atoms with E-state index in [9.17, 15) is 14.4 Å². The third-order valence-corrected chi connectivity index (χ3v) is 12.0. The molecule has 0 N–H and O–H groups in total. The highest BCUT2D eigenvalue weighted by Crippen LogP contribution is 2.13. The number of rotatable bonds is 52. The first-order valence-electron chi connectivity index (χ1n) is 30.0. The van der Waals surface area contributed by atoms with Gasteiger partial charge in [-0.25, -0.2) is 0 Å². The summed E-state index contributed by atoms with van der Waals surface area (Å²) >= 11 is 0. The van der Waals surface area contributed by atoms with Crippen LogP contribution in [0, 0.1) is 0 Å². The number of allylic oxidation sites excluding steroid dienone is 26. The molecule has 0 aliphatic heterocycles. The van der Waals surface area contributed by atoms with Gasteiger partial charge < -0.3 is 14.2 Å². The minimum Gasteiger partial charge on any atom is -0.462 e. The molecule has 6 nitrogen and oxygen atoms in total. The van der Waals surface area contributed by atoms with Crippen LogP contribution in [0.2, 0.25) is 0 Å². The fraction of sp³-hybridized carbons (Fsp3) is 0.580. The van der Waals surface area contributed by atoms with Crippen molar-refractivity contribution >= 4 is 17.9 Å². The molecule has 75 heavy (non-hydrogen) atoms. The van der Waals surface area contributed by atoms with Crippen LogP contribution in [0.5, 0.6) is 0 Å². The van der Waals surface area contributed by atoms with Crippen LogP contribution in [-0.4, -0.2) is 37.2 Å². The predicted octanol–water partition coefficient (Wildman–Crippen LogP) is 20.5. The zero-order valence-electron chi connectivity index (χ0n) is 48.0. The summed E-state index contributed by atoms with van der Waals surface area (Å²) in [5.74, 6) is -1.04. The van der Waals surface area contributed by atoms with Crippen molar-refractivity contribution in [2.45, 2.75) is 245 Å². The minimum absolute atomic E-state index is 0.121. The smallest absolute Gasteiger partial charge is 0.306 e. The lowest BCUT2D eigenvalue weighted by molar-refractivity contribution is -0.166. The molecule has 0 aromatic heterocycles. The molecule has 0 fully saturated rings. The van der Waals surface area contributed by atoms with Gasteiger partial charge >= 0.3 is 17.9 Å². The van der Waals surface area contributed by atoms with Gasteiger partial charge in [0.2, 0.25) is 0 Å². The number of carbonyl (C=O) groups is 3. The molecule has 0 saturated heterocycles. The van der Waals surface area contributed by atoms with E-state index < -0.39 is 6.10 Å². The summed E-state index contributed by atoms with van der Waals surface area (Å²) in [6.45, 7) is 6.29. The van der Waals surface area contributed by atoms with Gasteiger partial charge in [-0.15, -0.1) is 0 Å². The maximum Gasteiger partial charge on any atom is 0.306 e. The van der Waals surface area contributed by atoms with Crippen molar-refractivity contribution in [3.05, 3.63) is 158 Å². The van der Waals surface area contributed by atoms with Crippen LogP contribution >= 0.6 is 0 Å². The molecule has 1 atom stereocenters. The molecular weight excluding hydrogens is 925 g/mol. The van der Waals surface area contributed by atoms with E-state index >= 15 is 0 Å². The van der Waals surface area contributed by atoms with Crippen molar-refractivity contribution < 1.29 is 28.6 Å². The van der Waals surface area contributed by atoms with Gasteiger partial charge in [0.1, 0.15) is 13.2 Å².